The molecule has 7 nitrogen and oxygen atoms in total. The molecule has 2 aliphatic rings. The van der Waals surface area contributed by atoms with E-state index in [0.29, 0.717) is 32.6 Å². The summed E-state index contributed by atoms with van der Waals surface area (Å²) in [5.74, 6) is 0.141. The molecule has 2 unspecified atom stereocenters. The Hall–Kier alpha value is -2.29. The number of pyridine rings is 1. The molecule has 2 aromatic rings. The normalized spacial score (nSPS) is 23.2. The second-order valence-corrected chi connectivity index (χ2v) is 7.43. The number of carbonyl (C=O) groups is 2. The summed E-state index contributed by atoms with van der Waals surface area (Å²) >= 11 is 1.45. The van der Waals surface area contributed by atoms with Crippen LogP contribution >= 0.6 is 11.3 Å². The minimum Gasteiger partial charge on any atom is -0.338 e. The lowest BCUT2D eigenvalue weighted by atomic mass is 10.1. The van der Waals surface area contributed by atoms with Gasteiger partial charge < -0.3 is 9.80 Å². The molecule has 2 saturated heterocycles. The van der Waals surface area contributed by atoms with Gasteiger partial charge >= 0.3 is 0 Å². The number of rotatable bonds is 3. The number of nitrogens with zero attached hydrogens (tertiary/aromatic N) is 3. The Bertz CT molecular complexity index is 759. The molecular formula is C18H21N5O2S. The number of carbonyl (C=O) groups excluding carboxylic acids is 2. The summed E-state index contributed by atoms with van der Waals surface area (Å²) < 4.78 is 0. The molecule has 0 radical (unpaired) electrons. The van der Waals surface area contributed by atoms with Crippen LogP contribution in [0, 0.1) is 0 Å². The third-order valence-electron chi connectivity index (χ3n) is 4.86. The van der Waals surface area contributed by atoms with Crippen LogP contribution in [0.15, 0.2) is 41.9 Å². The molecule has 2 aliphatic heterocycles. The molecule has 4 rings (SSSR count). The third-order valence-corrected chi connectivity index (χ3v) is 5.71. The Morgan fingerprint density at radius 1 is 1.04 bits per heavy atom. The number of thiophene rings is 1. The van der Waals surface area contributed by atoms with Crippen molar-refractivity contribution in [1.82, 2.24) is 25.6 Å². The lowest BCUT2D eigenvalue weighted by molar-refractivity contribution is -0.134. The Morgan fingerprint density at radius 2 is 1.85 bits per heavy atom. The number of piperazine rings is 1. The standard InChI is InChI=1S/C18H21N5O2S/c24-17(15-12-14(20-21-15)13-4-1-2-6-19-13)22-7-9-23(10-8-22)18(25)16-5-3-11-26-16/h1-6,11,14-15,20-21H,7-10,12H2. The van der Waals surface area contributed by atoms with Gasteiger partial charge in [-0.3, -0.25) is 14.6 Å². The number of hydrogen-bond donors (Lipinski definition) is 2. The summed E-state index contributed by atoms with van der Waals surface area (Å²) in [4.78, 5) is 34.0. The van der Waals surface area contributed by atoms with Crippen LogP contribution in [0.5, 0.6) is 0 Å². The highest BCUT2D eigenvalue weighted by Gasteiger charge is 2.35. The van der Waals surface area contributed by atoms with Crippen LogP contribution in [0.25, 0.3) is 0 Å². The highest BCUT2D eigenvalue weighted by atomic mass is 32.1. The Morgan fingerprint density at radius 3 is 2.54 bits per heavy atom. The van der Waals surface area contributed by atoms with E-state index in [-0.39, 0.29) is 23.9 Å². The zero-order valence-electron chi connectivity index (χ0n) is 14.3. The molecule has 4 heterocycles. The highest BCUT2D eigenvalue weighted by molar-refractivity contribution is 7.12. The van der Waals surface area contributed by atoms with Crippen LogP contribution < -0.4 is 10.9 Å². The first-order valence-electron chi connectivity index (χ1n) is 8.76. The second-order valence-electron chi connectivity index (χ2n) is 6.48. The zero-order valence-corrected chi connectivity index (χ0v) is 15.1. The molecule has 26 heavy (non-hydrogen) atoms. The largest absolute Gasteiger partial charge is 0.338 e. The Kier molecular flexibility index (Phi) is 4.96. The zero-order chi connectivity index (χ0) is 17.9. The summed E-state index contributed by atoms with van der Waals surface area (Å²) in [5.41, 5.74) is 7.20. The summed E-state index contributed by atoms with van der Waals surface area (Å²) in [5, 5.41) is 1.91. The molecule has 2 atom stereocenters. The molecule has 0 aromatic carbocycles. The van der Waals surface area contributed by atoms with E-state index >= 15 is 0 Å². The Balaban J connectivity index is 1.31. The molecule has 136 valence electrons. The van der Waals surface area contributed by atoms with Crippen molar-refractivity contribution in [1.29, 1.82) is 0 Å². The molecule has 0 bridgehead atoms. The molecule has 2 aromatic heterocycles. The predicted octanol–water partition coefficient (Wildman–Crippen LogP) is 1.04. The van der Waals surface area contributed by atoms with Crippen molar-refractivity contribution >= 4 is 23.2 Å². The fraction of sp³-hybridized carbons (Fsp3) is 0.389. The van der Waals surface area contributed by atoms with E-state index in [9.17, 15) is 9.59 Å². The maximum absolute atomic E-state index is 12.8. The van der Waals surface area contributed by atoms with E-state index in [1.807, 2.05) is 45.5 Å². The first-order valence-corrected chi connectivity index (χ1v) is 9.64. The monoisotopic (exact) mass is 371 g/mol. The fourth-order valence-electron chi connectivity index (χ4n) is 3.40. The van der Waals surface area contributed by atoms with E-state index in [0.717, 1.165) is 10.6 Å². The van der Waals surface area contributed by atoms with Crippen LogP contribution in [0.2, 0.25) is 0 Å². The number of amides is 2. The molecule has 0 saturated carbocycles. The number of aromatic nitrogens is 1. The average molecular weight is 371 g/mol. The van der Waals surface area contributed by atoms with Crippen LogP contribution in [-0.4, -0.2) is 58.8 Å². The van der Waals surface area contributed by atoms with Crippen molar-refractivity contribution in [2.45, 2.75) is 18.5 Å². The van der Waals surface area contributed by atoms with Gasteiger partial charge in [0, 0.05) is 32.4 Å². The summed E-state index contributed by atoms with van der Waals surface area (Å²) in [6, 6.07) is 9.29. The molecule has 2 N–H and O–H groups in total. The van der Waals surface area contributed by atoms with E-state index in [2.05, 4.69) is 15.8 Å². The van der Waals surface area contributed by atoms with Crippen LogP contribution in [0.1, 0.15) is 27.8 Å². The van der Waals surface area contributed by atoms with Gasteiger partial charge in [0.15, 0.2) is 0 Å². The first-order chi connectivity index (χ1) is 12.7. The average Bonchev–Trinajstić information content (AvgIpc) is 3.40. The van der Waals surface area contributed by atoms with Gasteiger partial charge in [0.1, 0.15) is 6.04 Å². The Labute approximate surface area is 156 Å². The fourth-order valence-corrected chi connectivity index (χ4v) is 4.09. The maximum atomic E-state index is 12.8. The molecule has 0 aliphatic carbocycles. The minimum absolute atomic E-state index is 0.0341. The molecule has 0 spiro atoms. The van der Waals surface area contributed by atoms with Crippen LogP contribution in [-0.2, 0) is 4.79 Å². The molecule has 8 heteroatoms. The smallest absolute Gasteiger partial charge is 0.264 e. The van der Waals surface area contributed by atoms with Gasteiger partial charge in [-0.2, -0.15) is 0 Å². The molecule has 2 amide bonds. The SMILES string of the molecule is O=C(c1cccs1)N1CCN(C(=O)C2CC(c3ccccn3)NN2)CC1. The first kappa shape index (κ1) is 17.1. The number of nitrogens with one attached hydrogen (secondary N) is 2. The summed E-state index contributed by atoms with van der Waals surface area (Å²) in [6.07, 6.45) is 2.43. The van der Waals surface area contributed by atoms with Crippen molar-refractivity contribution in [3.63, 3.8) is 0 Å². The predicted molar refractivity (Wildman–Crippen MR) is 98.5 cm³/mol. The van der Waals surface area contributed by atoms with E-state index in [4.69, 9.17) is 0 Å². The van der Waals surface area contributed by atoms with Gasteiger partial charge in [0.05, 0.1) is 16.6 Å². The topological polar surface area (TPSA) is 77.6 Å². The van der Waals surface area contributed by atoms with Crippen LogP contribution in [0.4, 0.5) is 0 Å². The van der Waals surface area contributed by atoms with Crippen molar-refractivity contribution in [2.75, 3.05) is 26.2 Å². The van der Waals surface area contributed by atoms with E-state index in [1.165, 1.54) is 11.3 Å². The maximum Gasteiger partial charge on any atom is 0.264 e. The molecular weight excluding hydrogens is 350 g/mol. The van der Waals surface area contributed by atoms with Crippen molar-refractivity contribution < 1.29 is 9.59 Å². The number of hydrazine groups is 1. The van der Waals surface area contributed by atoms with Gasteiger partial charge in [-0.1, -0.05) is 12.1 Å². The van der Waals surface area contributed by atoms with Crippen molar-refractivity contribution in [3.8, 4) is 0 Å². The van der Waals surface area contributed by atoms with Crippen LogP contribution in [0.3, 0.4) is 0 Å². The van der Waals surface area contributed by atoms with Gasteiger partial charge in [-0.15, -0.1) is 11.3 Å². The van der Waals surface area contributed by atoms with E-state index < -0.39 is 0 Å². The lowest BCUT2D eigenvalue weighted by Gasteiger charge is -2.35. The molecule has 2 fully saturated rings. The van der Waals surface area contributed by atoms with Gasteiger partial charge in [-0.25, -0.2) is 10.9 Å². The quantitative estimate of drug-likeness (QED) is 0.843. The third kappa shape index (κ3) is 3.48. The van der Waals surface area contributed by atoms with E-state index in [1.54, 1.807) is 6.20 Å². The van der Waals surface area contributed by atoms with Gasteiger partial charge in [0.25, 0.3) is 5.91 Å². The van der Waals surface area contributed by atoms with Crippen molar-refractivity contribution in [2.24, 2.45) is 0 Å². The minimum atomic E-state index is -0.262. The second kappa shape index (κ2) is 7.53. The summed E-state index contributed by atoms with van der Waals surface area (Å²) in [7, 11) is 0. The van der Waals surface area contributed by atoms with Gasteiger partial charge in [-0.05, 0) is 30.0 Å². The number of hydrogen-bond acceptors (Lipinski definition) is 6. The lowest BCUT2D eigenvalue weighted by Crippen LogP contribution is -2.54. The summed E-state index contributed by atoms with van der Waals surface area (Å²) in [6.45, 7) is 2.29. The van der Waals surface area contributed by atoms with Gasteiger partial charge in [0.2, 0.25) is 5.91 Å². The van der Waals surface area contributed by atoms with Crippen molar-refractivity contribution in [3.05, 3.63) is 52.5 Å². The highest BCUT2D eigenvalue weighted by Crippen LogP contribution is 2.22.